The van der Waals surface area contributed by atoms with Crippen molar-refractivity contribution in [1.29, 1.82) is 0 Å². The topological polar surface area (TPSA) is 96.5 Å². The van der Waals surface area contributed by atoms with E-state index in [2.05, 4.69) is 16.2 Å². The zero-order chi connectivity index (χ0) is 19.1. The van der Waals surface area contributed by atoms with Gasteiger partial charge in [0.15, 0.2) is 6.10 Å². The molecule has 142 valence electrons. The minimum atomic E-state index is -0.742. The van der Waals surface area contributed by atoms with Gasteiger partial charge in [-0.25, -0.2) is 0 Å². The SMILES string of the molecule is Cc1cccc(OC(C)C(=O)NNC(=O)CCCNC(=O)C2CC2)c1C. The van der Waals surface area contributed by atoms with Gasteiger partial charge in [0.1, 0.15) is 5.75 Å². The predicted octanol–water partition coefficient (Wildman–Crippen LogP) is 1.52. The summed E-state index contributed by atoms with van der Waals surface area (Å²) in [7, 11) is 0. The van der Waals surface area contributed by atoms with Crippen LogP contribution in [0.15, 0.2) is 18.2 Å². The molecule has 2 rings (SSSR count). The average molecular weight is 361 g/mol. The highest BCUT2D eigenvalue weighted by molar-refractivity contribution is 5.84. The van der Waals surface area contributed by atoms with E-state index in [1.807, 2.05) is 26.0 Å². The minimum absolute atomic E-state index is 0.0659. The second-order valence-corrected chi connectivity index (χ2v) is 6.66. The maximum absolute atomic E-state index is 12.0. The van der Waals surface area contributed by atoms with Crippen molar-refractivity contribution in [3.8, 4) is 5.75 Å². The molecule has 1 aliphatic rings. The normalized spacial score (nSPS) is 14.3. The van der Waals surface area contributed by atoms with Gasteiger partial charge in [-0.1, -0.05) is 12.1 Å². The lowest BCUT2D eigenvalue weighted by Gasteiger charge is -2.17. The number of nitrogens with one attached hydrogen (secondary N) is 3. The van der Waals surface area contributed by atoms with Crippen LogP contribution < -0.4 is 20.9 Å². The third-order valence-electron chi connectivity index (χ3n) is 4.38. The van der Waals surface area contributed by atoms with Crippen LogP contribution >= 0.6 is 0 Å². The molecule has 1 atom stereocenters. The van der Waals surface area contributed by atoms with Crippen LogP contribution in [0.5, 0.6) is 5.75 Å². The van der Waals surface area contributed by atoms with Crippen LogP contribution in [0.25, 0.3) is 0 Å². The van der Waals surface area contributed by atoms with Gasteiger partial charge in [0.05, 0.1) is 0 Å². The van der Waals surface area contributed by atoms with Gasteiger partial charge in [0, 0.05) is 18.9 Å². The molecule has 1 saturated carbocycles. The number of hydrazine groups is 1. The fraction of sp³-hybridized carbons (Fsp3) is 0.526. The minimum Gasteiger partial charge on any atom is -0.481 e. The maximum atomic E-state index is 12.0. The molecular weight excluding hydrogens is 334 g/mol. The number of carbonyl (C=O) groups excluding carboxylic acids is 3. The van der Waals surface area contributed by atoms with E-state index in [4.69, 9.17) is 4.74 Å². The Hall–Kier alpha value is -2.57. The summed E-state index contributed by atoms with van der Waals surface area (Å²) in [5.41, 5.74) is 6.79. The summed E-state index contributed by atoms with van der Waals surface area (Å²) in [5, 5.41) is 2.79. The molecule has 3 amide bonds. The van der Waals surface area contributed by atoms with E-state index in [-0.39, 0.29) is 24.2 Å². The number of ether oxygens (including phenoxy) is 1. The molecular formula is C19H27N3O4. The molecule has 0 spiro atoms. The summed E-state index contributed by atoms with van der Waals surface area (Å²) in [6, 6.07) is 5.65. The van der Waals surface area contributed by atoms with Crippen molar-refractivity contribution < 1.29 is 19.1 Å². The Kier molecular flexibility index (Phi) is 7.00. The first kappa shape index (κ1) is 19.8. The standard InChI is InChI=1S/C19H27N3O4/c1-12-6-4-7-16(13(12)2)26-14(3)18(24)22-21-17(23)8-5-11-20-19(25)15-9-10-15/h4,6-7,14-15H,5,8-11H2,1-3H3,(H,20,25)(H,21,23)(H,22,24). The Labute approximate surface area is 153 Å². The second kappa shape index (κ2) is 9.22. The van der Waals surface area contributed by atoms with Crippen molar-refractivity contribution in [2.24, 2.45) is 5.92 Å². The molecule has 1 aromatic rings. The third kappa shape index (κ3) is 6.06. The highest BCUT2D eigenvalue weighted by Crippen LogP contribution is 2.28. The molecule has 0 bridgehead atoms. The van der Waals surface area contributed by atoms with E-state index in [1.54, 1.807) is 13.0 Å². The Balaban J connectivity index is 1.64. The molecule has 3 N–H and O–H groups in total. The molecule has 26 heavy (non-hydrogen) atoms. The molecule has 1 unspecified atom stereocenters. The Morgan fingerprint density at radius 3 is 2.62 bits per heavy atom. The van der Waals surface area contributed by atoms with Crippen molar-refractivity contribution in [2.45, 2.75) is 52.6 Å². The van der Waals surface area contributed by atoms with Crippen LogP contribution in [0.4, 0.5) is 0 Å². The smallest absolute Gasteiger partial charge is 0.279 e. The number of aryl methyl sites for hydroxylation is 1. The van der Waals surface area contributed by atoms with Crippen LogP contribution in [-0.2, 0) is 14.4 Å². The quantitative estimate of drug-likeness (QED) is 0.483. The molecule has 7 heteroatoms. The number of hydrogen-bond donors (Lipinski definition) is 3. The van der Waals surface area contributed by atoms with Crippen LogP contribution in [0.3, 0.4) is 0 Å². The number of amides is 3. The molecule has 0 aliphatic heterocycles. The number of hydrogen-bond acceptors (Lipinski definition) is 4. The molecule has 1 aliphatic carbocycles. The summed E-state index contributed by atoms with van der Waals surface area (Å²) in [5.74, 6) is 0.141. The van der Waals surface area contributed by atoms with Crippen LogP contribution in [0.1, 0.15) is 43.7 Å². The molecule has 0 aromatic heterocycles. The second-order valence-electron chi connectivity index (χ2n) is 6.66. The van der Waals surface area contributed by atoms with Gasteiger partial charge in [-0.05, 0) is 57.2 Å². The Morgan fingerprint density at radius 2 is 1.92 bits per heavy atom. The molecule has 7 nitrogen and oxygen atoms in total. The van der Waals surface area contributed by atoms with Gasteiger partial charge in [0.2, 0.25) is 11.8 Å². The molecule has 0 heterocycles. The van der Waals surface area contributed by atoms with Crippen molar-refractivity contribution >= 4 is 17.7 Å². The lowest BCUT2D eigenvalue weighted by atomic mass is 10.1. The zero-order valence-electron chi connectivity index (χ0n) is 15.6. The first-order valence-corrected chi connectivity index (χ1v) is 8.97. The van der Waals surface area contributed by atoms with Crippen molar-refractivity contribution in [3.05, 3.63) is 29.3 Å². The lowest BCUT2D eigenvalue weighted by molar-refractivity contribution is -0.132. The number of rotatable bonds is 8. The van der Waals surface area contributed by atoms with Gasteiger partial charge in [-0.2, -0.15) is 0 Å². The van der Waals surface area contributed by atoms with Crippen LogP contribution in [0, 0.1) is 19.8 Å². The van der Waals surface area contributed by atoms with Crippen LogP contribution in [0.2, 0.25) is 0 Å². The largest absolute Gasteiger partial charge is 0.481 e. The van der Waals surface area contributed by atoms with Crippen molar-refractivity contribution in [2.75, 3.05) is 6.54 Å². The summed E-state index contributed by atoms with van der Waals surface area (Å²) in [6.07, 6.45) is 1.92. The van der Waals surface area contributed by atoms with E-state index >= 15 is 0 Å². The van der Waals surface area contributed by atoms with Gasteiger partial charge in [-0.3, -0.25) is 25.2 Å². The molecule has 1 fully saturated rings. The average Bonchev–Trinajstić information content (AvgIpc) is 3.45. The van der Waals surface area contributed by atoms with E-state index in [9.17, 15) is 14.4 Å². The summed E-state index contributed by atoms with van der Waals surface area (Å²) in [6.45, 7) is 5.98. The van der Waals surface area contributed by atoms with E-state index < -0.39 is 12.0 Å². The molecule has 0 radical (unpaired) electrons. The van der Waals surface area contributed by atoms with Crippen LogP contribution in [-0.4, -0.2) is 30.4 Å². The van der Waals surface area contributed by atoms with E-state index in [1.165, 1.54) is 0 Å². The first-order chi connectivity index (χ1) is 12.4. The van der Waals surface area contributed by atoms with Crippen molar-refractivity contribution in [1.82, 2.24) is 16.2 Å². The fourth-order valence-corrected chi connectivity index (χ4v) is 2.34. The number of carbonyl (C=O) groups is 3. The summed E-state index contributed by atoms with van der Waals surface area (Å²) < 4.78 is 5.66. The van der Waals surface area contributed by atoms with Gasteiger partial charge in [0.25, 0.3) is 5.91 Å². The zero-order valence-corrected chi connectivity index (χ0v) is 15.6. The third-order valence-corrected chi connectivity index (χ3v) is 4.38. The monoisotopic (exact) mass is 361 g/mol. The molecule has 1 aromatic carbocycles. The van der Waals surface area contributed by atoms with Crippen molar-refractivity contribution in [3.63, 3.8) is 0 Å². The number of benzene rings is 1. The summed E-state index contributed by atoms with van der Waals surface area (Å²) >= 11 is 0. The van der Waals surface area contributed by atoms with Gasteiger partial charge >= 0.3 is 0 Å². The predicted molar refractivity (Wildman–Crippen MR) is 97.3 cm³/mol. The summed E-state index contributed by atoms with van der Waals surface area (Å²) in [4.78, 5) is 35.2. The lowest BCUT2D eigenvalue weighted by Crippen LogP contribution is -2.47. The van der Waals surface area contributed by atoms with E-state index in [0.717, 1.165) is 24.0 Å². The highest BCUT2D eigenvalue weighted by Gasteiger charge is 2.29. The van der Waals surface area contributed by atoms with Gasteiger partial charge < -0.3 is 10.1 Å². The first-order valence-electron chi connectivity index (χ1n) is 8.97. The molecule has 0 saturated heterocycles. The fourth-order valence-electron chi connectivity index (χ4n) is 2.34. The Morgan fingerprint density at radius 1 is 1.19 bits per heavy atom. The van der Waals surface area contributed by atoms with E-state index in [0.29, 0.717) is 18.7 Å². The van der Waals surface area contributed by atoms with Gasteiger partial charge in [-0.15, -0.1) is 0 Å². The highest BCUT2D eigenvalue weighted by atomic mass is 16.5. The Bertz CT molecular complexity index is 671. The maximum Gasteiger partial charge on any atom is 0.279 e.